The zero-order chi connectivity index (χ0) is 15.3. The van der Waals surface area contributed by atoms with Crippen LogP contribution in [0, 0.1) is 13.8 Å². The minimum Gasteiger partial charge on any atom is -0.317 e. The van der Waals surface area contributed by atoms with Crippen LogP contribution in [0.25, 0.3) is 16.7 Å². The predicted octanol–water partition coefficient (Wildman–Crippen LogP) is 2.08. The first-order valence-electron chi connectivity index (χ1n) is 7.74. The Labute approximate surface area is 139 Å². The van der Waals surface area contributed by atoms with Gasteiger partial charge >= 0.3 is 0 Å². The summed E-state index contributed by atoms with van der Waals surface area (Å²) in [6.07, 6.45) is 2.06. The minimum absolute atomic E-state index is 0. The first kappa shape index (κ1) is 16.0. The number of hydrogen-bond donors (Lipinski definition) is 2. The fourth-order valence-electron chi connectivity index (χ4n) is 3.49. The van der Waals surface area contributed by atoms with Crippen molar-refractivity contribution >= 4 is 29.1 Å². The summed E-state index contributed by atoms with van der Waals surface area (Å²) in [7, 11) is 0. The molecule has 3 aromatic rings. The molecule has 7 heteroatoms. The van der Waals surface area contributed by atoms with E-state index in [4.69, 9.17) is 0 Å². The van der Waals surface area contributed by atoms with Gasteiger partial charge in [0.2, 0.25) is 0 Å². The molecule has 23 heavy (non-hydrogen) atoms. The first-order chi connectivity index (χ1) is 10.6. The molecule has 4 rings (SSSR count). The number of pyridine rings is 1. The van der Waals surface area contributed by atoms with E-state index in [1.165, 1.54) is 0 Å². The monoisotopic (exact) mass is 333 g/mol. The average molecular weight is 334 g/mol. The fourth-order valence-corrected chi connectivity index (χ4v) is 3.49. The lowest BCUT2D eigenvalue weighted by Crippen LogP contribution is -2.28. The number of H-pyrrole nitrogens is 1. The van der Waals surface area contributed by atoms with Crippen molar-refractivity contribution in [3.05, 3.63) is 39.4 Å². The molecule has 1 aliphatic heterocycles. The number of aromatic nitrogens is 4. The number of aromatic amines is 1. The maximum atomic E-state index is 12.1. The van der Waals surface area contributed by atoms with Crippen molar-refractivity contribution in [2.24, 2.45) is 0 Å². The molecule has 1 aliphatic rings. The molecule has 0 amide bonds. The van der Waals surface area contributed by atoms with Crippen LogP contribution in [-0.2, 0) is 0 Å². The van der Waals surface area contributed by atoms with E-state index in [2.05, 4.69) is 20.4 Å². The van der Waals surface area contributed by atoms with Crippen molar-refractivity contribution in [3.63, 3.8) is 0 Å². The Bertz CT molecular complexity index is 923. The van der Waals surface area contributed by atoms with E-state index in [0.717, 1.165) is 53.9 Å². The summed E-state index contributed by atoms with van der Waals surface area (Å²) in [5.41, 5.74) is 4.43. The summed E-state index contributed by atoms with van der Waals surface area (Å²) >= 11 is 0. The summed E-state index contributed by atoms with van der Waals surface area (Å²) in [6.45, 7) is 5.97. The topological polar surface area (TPSA) is 75.1 Å². The Morgan fingerprint density at radius 3 is 2.70 bits per heavy atom. The van der Waals surface area contributed by atoms with E-state index in [1.54, 1.807) is 6.07 Å². The van der Waals surface area contributed by atoms with Gasteiger partial charge in [-0.1, -0.05) is 0 Å². The molecule has 0 aromatic carbocycles. The van der Waals surface area contributed by atoms with E-state index in [-0.39, 0.29) is 18.0 Å². The van der Waals surface area contributed by atoms with Gasteiger partial charge in [-0.2, -0.15) is 0 Å². The predicted molar refractivity (Wildman–Crippen MR) is 92.7 cm³/mol. The first-order valence-corrected chi connectivity index (χ1v) is 7.74. The van der Waals surface area contributed by atoms with Crippen LogP contribution >= 0.6 is 12.4 Å². The molecule has 0 spiro atoms. The Morgan fingerprint density at radius 1 is 1.22 bits per heavy atom. The number of piperidine rings is 1. The van der Waals surface area contributed by atoms with Crippen LogP contribution in [0.4, 0.5) is 0 Å². The van der Waals surface area contributed by atoms with E-state index < -0.39 is 0 Å². The molecule has 2 N–H and O–H groups in total. The summed E-state index contributed by atoms with van der Waals surface area (Å²) in [5, 5.41) is 8.97. The second-order valence-corrected chi connectivity index (χ2v) is 6.12. The van der Waals surface area contributed by atoms with Crippen LogP contribution in [0.1, 0.15) is 35.7 Å². The third-order valence-electron chi connectivity index (χ3n) is 4.49. The lowest BCUT2D eigenvalue weighted by Gasteiger charge is -2.22. The van der Waals surface area contributed by atoms with E-state index in [0.29, 0.717) is 11.6 Å². The smallest absolute Gasteiger partial charge is 0.251 e. The van der Waals surface area contributed by atoms with Crippen molar-refractivity contribution in [1.82, 2.24) is 24.9 Å². The summed E-state index contributed by atoms with van der Waals surface area (Å²) in [5.74, 6) is 0.363. The Hall–Kier alpha value is -1.92. The van der Waals surface area contributed by atoms with Crippen LogP contribution in [0.15, 0.2) is 16.9 Å². The number of aryl methyl sites for hydroxylation is 2. The van der Waals surface area contributed by atoms with Crippen molar-refractivity contribution < 1.29 is 0 Å². The summed E-state index contributed by atoms with van der Waals surface area (Å²) in [6, 6.07) is 3.72. The number of fused-ring (bicyclic) bond motifs is 3. The largest absolute Gasteiger partial charge is 0.317 e. The zero-order valence-electron chi connectivity index (χ0n) is 13.2. The molecule has 0 unspecified atom stereocenters. The minimum atomic E-state index is -0.0668. The standard InChI is InChI=1S/C16H19N5O.ClH/c1-9-7-10(2)18-15-14(9)16-19-13(22)8-12(21(16)20-15)11-3-5-17-6-4-11;/h7-8,11,17H,3-6H2,1-2H3,(H,19,22);1H. The molecule has 1 fully saturated rings. The molecular formula is C16H20ClN5O. The van der Waals surface area contributed by atoms with Crippen LogP contribution in [0.3, 0.4) is 0 Å². The molecule has 6 nitrogen and oxygen atoms in total. The second kappa shape index (κ2) is 5.94. The molecule has 4 heterocycles. The van der Waals surface area contributed by atoms with Crippen LogP contribution in [-0.4, -0.2) is 32.7 Å². The molecule has 3 aromatic heterocycles. The normalized spacial score (nSPS) is 15.9. The van der Waals surface area contributed by atoms with E-state index in [9.17, 15) is 4.79 Å². The number of rotatable bonds is 1. The number of hydrogen-bond acceptors (Lipinski definition) is 4. The Morgan fingerprint density at radius 2 is 1.96 bits per heavy atom. The molecule has 0 saturated carbocycles. The number of nitrogens with zero attached hydrogens (tertiary/aromatic N) is 3. The zero-order valence-corrected chi connectivity index (χ0v) is 14.0. The molecular weight excluding hydrogens is 314 g/mol. The highest BCUT2D eigenvalue weighted by Gasteiger charge is 2.21. The van der Waals surface area contributed by atoms with Crippen LogP contribution < -0.4 is 10.9 Å². The van der Waals surface area contributed by atoms with Gasteiger partial charge in [0.1, 0.15) is 5.65 Å². The molecule has 0 aliphatic carbocycles. The Balaban J connectivity index is 0.00000156. The molecule has 1 saturated heterocycles. The fraction of sp³-hybridized carbons (Fsp3) is 0.438. The molecule has 122 valence electrons. The van der Waals surface area contributed by atoms with Crippen LogP contribution in [0.2, 0.25) is 0 Å². The van der Waals surface area contributed by atoms with Crippen molar-refractivity contribution in [2.45, 2.75) is 32.6 Å². The SMILES string of the molecule is Cc1cc(C)c2c(n1)nn1c(C3CCNCC3)cc(=O)[nH]c21.Cl. The number of halogens is 1. The van der Waals surface area contributed by atoms with E-state index >= 15 is 0 Å². The third kappa shape index (κ3) is 2.62. The van der Waals surface area contributed by atoms with Gasteiger partial charge in [0.15, 0.2) is 5.65 Å². The van der Waals surface area contributed by atoms with Crippen molar-refractivity contribution in [1.29, 1.82) is 0 Å². The lowest BCUT2D eigenvalue weighted by molar-refractivity contribution is 0.446. The van der Waals surface area contributed by atoms with Gasteiger partial charge in [-0.3, -0.25) is 4.79 Å². The highest BCUT2D eigenvalue weighted by atomic mass is 35.5. The van der Waals surface area contributed by atoms with Gasteiger partial charge in [-0.15, -0.1) is 17.5 Å². The van der Waals surface area contributed by atoms with Gasteiger partial charge in [-0.25, -0.2) is 9.50 Å². The maximum absolute atomic E-state index is 12.1. The third-order valence-corrected chi connectivity index (χ3v) is 4.49. The lowest BCUT2D eigenvalue weighted by atomic mass is 9.94. The van der Waals surface area contributed by atoms with Crippen molar-refractivity contribution in [3.8, 4) is 0 Å². The summed E-state index contributed by atoms with van der Waals surface area (Å²) in [4.78, 5) is 19.6. The highest BCUT2D eigenvalue weighted by Crippen LogP contribution is 2.27. The number of nitrogens with one attached hydrogen (secondary N) is 2. The average Bonchev–Trinajstić information content (AvgIpc) is 2.85. The quantitative estimate of drug-likeness (QED) is 0.715. The summed E-state index contributed by atoms with van der Waals surface area (Å²) < 4.78 is 1.89. The molecule has 0 atom stereocenters. The van der Waals surface area contributed by atoms with Gasteiger partial charge in [0.05, 0.1) is 11.1 Å². The van der Waals surface area contributed by atoms with Gasteiger partial charge < -0.3 is 10.3 Å². The van der Waals surface area contributed by atoms with E-state index in [1.807, 2.05) is 24.4 Å². The van der Waals surface area contributed by atoms with Gasteiger partial charge in [-0.05, 0) is 51.4 Å². The van der Waals surface area contributed by atoms with Crippen LogP contribution in [0.5, 0.6) is 0 Å². The second-order valence-electron chi connectivity index (χ2n) is 6.12. The van der Waals surface area contributed by atoms with Gasteiger partial charge in [0, 0.05) is 17.7 Å². The molecule has 0 radical (unpaired) electrons. The molecule has 0 bridgehead atoms. The Kier molecular flexibility index (Phi) is 4.12. The highest BCUT2D eigenvalue weighted by molar-refractivity contribution is 5.92. The van der Waals surface area contributed by atoms with Crippen molar-refractivity contribution in [2.75, 3.05) is 13.1 Å². The van der Waals surface area contributed by atoms with Gasteiger partial charge in [0.25, 0.3) is 5.56 Å². The maximum Gasteiger partial charge on any atom is 0.251 e.